The number of carboxylic acid groups (broad SMARTS) is 1. The predicted molar refractivity (Wildman–Crippen MR) is 74.6 cm³/mol. The first-order valence-corrected chi connectivity index (χ1v) is 6.29. The van der Waals surface area contributed by atoms with E-state index in [9.17, 15) is 9.59 Å². The second kappa shape index (κ2) is 6.78. The first-order chi connectivity index (χ1) is 8.90. The van der Waals surface area contributed by atoms with Gasteiger partial charge in [0.25, 0.3) is 0 Å². The minimum Gasteiger partial charge on any atom is -0.478 e. The van der Waals surface area contributed by atoms with Crippen LogP contribution in [-0.2, 0) is 0 Å². The Bertz CT molecular complexity index is 470. The third-order valence-corrected chi connectivity index (χ3v) is 2.72. The SMILES string of the molecule is Cc1cc(NC(=O)NCCC(C)C)ccc1C(=O)O. The Hall–Kier alpha value is -2.04. The summed E-state index contributed by atoms with van der Waals surface area (Å²) in [7, 11) is 0. The lowest BCUT2D eigenvalue weighted by molar-refractivity contribution is 0.0696. The fraction of sp³-hybridized carbons (Fsp3) is 0.429. The number of amides is 2. The summed E-state index contributed by atoms with van der Waals surface area (Å²) in [5.74, 6) is -0.428. The number of urea groups is 1. The van der Waals surface area contributed by atoms with E-state index in [1.54, 1.807) is 19.1 Å². The standard InChI is InChI=1S/C14H20N2O3/c1-9(2)6-7-15-14(19)16-11-4-5-12(13(17)18)10(3)8-11/h4-5,8-9H,6-7H2,1-3H3,(H,17,18)(H2,15,16,19). The van der Waals surface area contributed by atoms with Gasteiger partial charge in [-0.3, -0.25) is 0 Å². The van der Waals surface area contributed by atoms with Gasteiger partial charge in [0.1, 0.15) is 0 Å². The average Bonchev–Trinajstić information content (AvgIpc) is 2.27. The number of hydrogen-bond acceptors (Lipinski definition) is 2. The van der Waals surface area contributed by atoms with Crippen molar-refractivity contribution in [3.63, 3.8) is 0 Å². The van der Waals surface area contributed by atoms with Crippen LogP contribution < -0.4 is 10.6 Å². The largest absolute Gasteiger partial charge is 0.478 e. The summed E-state index contributed by atoms with van der Waals surface area (Å²) in [6.45, 7) is 6.50. The lowest BCUT2D eigenvalue weighted by Crippen LogP contribution is -2.30. The Labute approximate surface area is 113 Å². The Morgan fingerprint density at radius 2 is 2.00 bits per heavy atom. The molecular formula is C14H20N2O3. The van der Waals surface area contributed by atoms with Crippen LogP contribution in [0.1, 0.15) is 36.2 Å². The summed E-state index contributed by atoms with van der Waals surface area (Å²) in [4.78, 5) is 22.4. The molecule has 0 atom stereocenters. The van der Waals surface area contributed by atoms with Crippen LogP contribution in [0.3, 0.4) is 0 Å². The number of carbonyl (C=O) groups is 2. The predicted octanol–water partition coefficient (Wildman–Crippen LogP) is 2.86. The average molecular weight is 264 g/mol. The van der Waals surface area contributed by atoms with Gasteiger partial charge in [-0.25, -0.2) is 9.59 Å². The van der Waals surface area contributed by atoms with Gasteiger partial charge in [-0.1, -0.05) is 13.8 Å². The summed E-state index contributed by atoms with van der Waals surface area (Å²) in [6.07, 6.45) is 0.921. The van der Waals surface area contributed by atoms with Gasteiger partial charge in [-0.15, -0.1) is 0 Å². The monoisotopic (exact) mass is 264 g/mol. The summed E-state index contributed by atoms with van der Waals surface area (Å²) < 4.78 is 0. The van der Waals surface area contributed by atoms with Crippen LogP contribution in [0, 0.1) is 12.8 Å². The zero-order valence-electron chi connectivity index (χ0n) is 11.5. The molecular weight excluding hydrogens is 244 g/mol. The first kappa shape index (κ1) is 15.0. The van der Waals surface area contributed by atoms with Gasteiger partial charge in [-0.05, 0) is 43.0 Å². The van der Waals surface area contributed by atoms with Crippen molar-refractivity contribution in [2.24, 2.45) is 5.92 Å². The van der Waals surface area contributed by atoms with E-state index in [1.165, 1.54) is 6.07 Å². The Morgan fingerprint density at radius 1 is 1.32 bits per heavy atom. The zero-order valence-corrected chi connectivity index (χ0v) is 11.5. The number of nitrogens with one attached hydrogen (secondary N) is 2. The van der Waals surface area contributed by atoms with Crippen LogP contribution >= 0.6 is 0 Å². The fourth-order valence-electron chi connectivity index (χ4n) is 1.63. The molecule has 19 heavy (non-hydrogen) atoms. The van der Waals surface area contributed by atoms with E-state index >= 15 is 0 Å². The molecule has 1 rings (SSSR count). The van der Waals surface area contributed by atoms with E-state index in [-0.39, 0.29) is 11.6 Å². The van der Waals surface area contributed by atoms with E-state index in [4.69, 9.17) is 5.11 Å². The number of rotatable bonds is 5. The molecule has 104 valence electrons. The summed E-state index contributed by atoms with van der Waals surface area (Å²) in [5, 5.41) is 14.3. The maximum absolute atomic E-state index is 11.6. The van der Waals surface area contributed by atoms with E-state index in [0.717, 1.165) is 6.42 Å². The minimum atomic E-state index is -0.967. The van der Waals surface area contributed by atoms with Gasteiger partial charge in [0.05, 0.1) is 5.56 Å². The molecule has 0 radical (unpaired) electrons. The van der Waals surface area contributed by atoms with Crippen molar-refractivity contribution in [2.75, 3.05) is 11.9 Å². The number of anilines is 1. The summed E-state index contributed by atoms with van der Waals surface area (Å²) in [6, 6.07) is 4.44. The van der Waals surface area contributed by atoms with Crippen molar-refractivity contribution >= 4 is 17.7 Å². The van der Waals surface area contributed by atoms with Gasteiger partial charge >= 0.3 is 12.0 Å². The maximum Gasteiger partial charge on any atom is 0.335 e. The Kier molecular flexibility index (Phi) is 5.36. The Balaban J connectivity index is 2.55. The highest BCUT2D eigenvalue weighted by Crippen LogP contribution is 2.15. The van der Waals surface area contributed by atoms with Gasteiger partial charge in [0.15, 0.2) is 0 Å². The molecule has 1 aromatic rings. The second-order valence-electron chi connectivity index (χ2n) is 4.90. The molecule has 0 aliphatic heterocycles. The number of benzene rings is 1. The second-order valence-corrected chi connectivity index (χ2v) is 4.90. The van der Waals surface area contributed by atoms with Crippen molar-refractivity contribution in [3.05, 3.63) is 29.3 Å². The first-order valence-electron chi connectivity index (χ1n) is 6.29. The van der Waals surface area contributed by atoms with Gasteiger partial charge in [-0.2, -0.15) is 0 Å². The molecule has 1 aromatic carbocycles. The Morgan fingerprint density at radius 3 is 2.53 bits per heavy atom. The van der Waals surface area contributed by atoms with E-state index in [2.05, 4.69) is 24.5 Å². The van der Waals surface area contributed by atoms with Crippen molar-refractivity contribution in [1.29, 1.82) is 0 Å². The quantitative estimate of drug-likeness (QED) is 0.765. The van der Waals surface area contributed by atoms with E-state index in [0.29, 0.717) is 23.7 Å². The molecule has 0 heterocycles. The highest BCUT2D eigenvalue weighted by atomic mass is 16.4. The number of aryl methyl sites for hydroxylation is 1. The number of aromatic carboxylic acids is 1. The zero-order chi connectivity index (χ0) is 14.4. The number of carbonyl (C=O) groups excluding carboxylic acids is 1. The lowest BCUT2D eigenvalue weighted by Gasteiger charge is -2.10. The molecule has 0 saturated heterocycles. The third kappa shape index (κ3) is 4.99. The van der Waals surface area contributed by atoms with Crippen LogP contribution in [-0.4, -0.2) is 23.7 Å². The van der Waals surface area contributed by atoms with Crippen LogP contribution in [0.2, 0.25) is 0 Å². The van der Waals surface area contributed by atoms with E-state index in [1.807, 2.05) is 0 Å². The highest BCUT2D eigenvalue weighted by Gasteiger charge is 2.08. The molecule has 0 bridgehead atoms. The molecule has 5 nitrogen and oxygen atoms in total. The molecule has 5 heteroatoms. The van der Waals surface area contributed by atoms with Gasteiger partial charge in [0, 0.05) is 12.2 Å². The van der Waals surface area contributed by atoms with Crippen LogP contribution in [0.25, 0.3) is 0 Å². The molecule has 0 unspecified atom stereocenters. The van der Waals surface area contributed by atoms with Gasteiger partial charge < -0.3 is 15.7 Å². The number of carboxylic acids is 1. The molecule has 0 aliphatic carbocycles. The topological polar surface area (TPSA) is 78.4 Å². The molecule has 2 amide bonds. The fourth-order valence-corrected chi connectivity index (χ4v) is 1.63. The van der Waals surface area contributed by atoms with Crippen LogP contribution in [0.4, 0.5) is 10.5 Å². The summed E-state index contributed by atoms with van der Waals surface area (Å²) in [5.41, 5.74) is 1.45. The van der Waals surface area contributed by atoms with Crippen molar-refractivity contribution in [3.8, 4) is 0 Å². The molecule has 0 saturated carbocycles. The molecule has 0 spiro atoms. The van der Waals surface area contributed by atoms with Crippen LogP contribution in [0.5, 0.6) is 0 Å². The molecule has 3 N–H and O–H groups in total. The van der Waals surface area contributed by atoms with Crippen molar-refractivity contribution < 1.29 is 14.7 Å². The summed E-state index contributed by atoms with van der Waals surface area (Å²) >= 11 is 0. The minimum absolute atomic E-state index is 0.241. The third-order valence-electron chi connectivity index (χ3n) is 2.72. The normalized spacial score (nSPS) is 10.3. The molecule has 0 aliphatic rings. The lowest BCUT2D eigenvalue weighted by atomic mass is 10.1. The number of hydrogen-bond donors (Lipinski definition) is 3. The smallest absolute Gasteiger partial charge is 0.335 e. The highest BCUT2D eigenvalue weighted by molar-refractivity contribution is 5.92. The van der Waals surface area contributed by atoms with E-state index < -0.39 is 5.97 Å². The van der Waals surface area contributed by atoms with Gasteiger partial charge in [0.2, 0.25) is 0 Å². The van der Waals surface area contributed by atoms with Crippen molar-refractivity contribution in [2.45, 2.75) is 27.2 Å². The molecule has 0 aromatic heterocycles. The van der Waals surface area contributed by atoms with Crippen molar-refractivity contribution in [1.82, 2.24) is 5.32 Å². The molecule has 0 fully saturated rings. The maximum atomic E-state index is 11.6. The van der Waals surface area contributed by atoms with Crippen LogP contribution in [0.15, 0.2) is 18.2 Å².